The number of halogens is 3. The molecule has 0 bridgehead atoms. The van der Waals surface area contributed by atoms with Crippen molar-refractivity contribution >= 4 is 5.97 Å². The van der Waals surface area contributed by atoms with Crippen molar-refractivity contribution in [2.45, 2.75) is 43.9 Å². The summed E-state index contributed by atoms with van der Waals surface area (Å²) in [5, 5.41) is 3.21. The number of likely N-dealkylation sites (tertiary alicyclic amines) is 1. The molecule has 0 aromatic rings. The number of rotatable bonds is 3. The predicted octanol–water partition coefficient (Wildman–Crippen LogP) is 1.55. The van der Waals surface area contributed by atoms with Crippen LogP contribution in [0.15, 0.2) is 0 Å². The molecule has 116 valence electrons. The third-order valence-corrected chi connectivity index (χ3v) is 4.23. The number of esters is 1. The average Bonchev–Trinajstić information content (AvgIpc) is 2.86. The van der Waals surface area contributed by atoms with Gasteiger partial charge in [-0.05, 0) is 38.8 Å². The van der Waals surface area contributed by atoms with E-state index in [-0.39, 0.29) is 24.3 Å². The zero-order chi connectivity index (χ0) is 14.8. The standard InChI is InChI=1S/C13H21F3N2O2/c1-20-12(19)9-4-5-17-10(7-9)8-18-6-2-3-11(18)13(14,15)16/h9-11,17H,2-8H2,1H3/t9-,10-,11+/m0/s1. The number of hydrogen-bond acceptors (Lipinski definition) is 4. The molecule has 0 unspecified atom stereocenters. The van der Waals surface area contributed by atoms with Crippen LogP contribution in [-0.4, -0.2) is 55.9 Å². The molecule has 0 amide bonds. The van der Waals surface area contributed by atoms with Crippen molar-refractivity contribution in [1.82, 2.24) is 10.2 Å². The van der Waals surface area contributed by atoms with Gasteiger partial charge in [0.25, 0.3) is 0 Å². The minimum atomic E-state index is -4.16. The molecule has 20 heavy (non-hydrogen) atoms. The Kier molecular flexibility index (Phi) is 4.90. The third kappa shape index (κ3) is 3.63. The Morgan fingerprint density at radius 2 is 2.15 bits per heavy atom. The van der Waals surface area contributed by atoms with Crippen molar-refractivity contribution in [2.75, 3.05) is 26.7 Å². The summed E-state index contributed by atoms with van der Waals surface area (Å²) in [5.41, 5.74) is 0. The second kappa shape index (κ2) is 6.30. The molecule has 0 spiro atoms. The van der Waals surface area contributed by atoms with Gasteiger partial charge in [-0.15, -0.1) is 0 Å². The molecule has 2 rings (SSSR count). The molecule has 7 heteroatoms. The first-order valence-electron chi connectivity index (χ1n) is 7.03. The number of piperidine rings is 1. The normalized spacial score (nSPS) is 32.3. The summed E-state index contributed by atoms with van der Waals surface area (Å²) in [7, 11) is 1.35. The van der Waals surface area contributed by atoms with Crippen LogP contribution in [0.1, 0.15) is 25.7 Å². The quantitative estimate of drug-likeness (QED) is 0.802. The van der Waals surface area contributed by atoms with Gasteiger partial charge in [0.1, 0.15) is 6.04 Å². The Morgan fingerprint density at radius 1 is 1.40 bits per heavy atom. The smallest absolute Gasteiger partial charge is 0.404 e. The Morgan fingerprint density at radius 3 is 2.80 bits per heavy atom. The summed E-state index contributed by atoms with van der Waals surface area (Å²) in [4.78, 5) is 13.0. The van der Waals surface area contributed by atoms with Gasteiger partial charge < -0.3 is 10.1 Å². The summed E-state index contributed by atoms with van der Waals surface area (Å²) >= 11 is 0. The highest BCUT2D eigenvalue weighted by Crippen LogP contribution is 2.33. The lowest BCUT2D eigenvalue weighted by molar-refractivity contribution is -0.177. The van der Waals surface area contributed by atoms with E-state index in [0.717, 1.165) is 0 Å². The number of ether oxygens (including phenoxy) is 1. The molecule has 0 radical (unpaired) electrons. The first-order valence-corrected chi connectivity index (χ1v) is 7.03. The molecule has 0 aromatic carbocycles. The van der Waals surface area contributed by atoms with Gasteiger partial charge in [0.2, 0.25) is 0 Å². The zero-order valence-corrected chi connectivity index (χ0v) is 11.6. The summed E-state index contributed by atoms with van der Waals surface area (Å²) in [6.07, 6.45) is -2.17. The molecule has 2 fully saturated rings. The molecule has 1 N–H and O–H groups in total. The molecule has 2 aliphatic heterocycles. The van der Waals surface area contributed by atoms with Crippen molar-refractivity contribution in [3.63, 3.8) is 0 Å². The highest BCUT2D eigenvalue weighted by atomic mass is 19.4. The first kappa shape index (κ1) is 15.6. The average molecular weight is 294 g/mol. The fourth-order valence-corrected chi connectivity index (χ4v) is 3.22. The van der Waals surface area contributed by atoms with Crippen LogP contribution in [-0.2, 0) is 9.53 Å². The van der Waals surface area contributed by atoms with Gasteiger partial charge >= 0.3 is 12.1 Å². The molecule has 0 aromatic heterocycles. The van der Waals surface area contributed by atoms with Gasteiger partial charge in [0.15, 0.2) is 0 Å². The van der Waals surface area contributed by atoms with Gasteiger partial charge in [-0.2, -0.15) is 13.2 Å². The van der Waals surface area contributed by atoms with Crippen molar-refractivity contribution < 1.29 is 22.7 Å². The van der Waals surface area contributed by atoms with Crippen molar-refractivity contribution in [3.05, 3.63) is 0 Å². The largest absolute Gasteiger partial charge is 0.469 e. The van der Waals surface area contributed by atoms with Crippen LogP contribution in [0.4, 0.5) is 13.2 Å². The van der Waals surface area contributed by atoms with E-state index in [1.807, 2.05) is 0 Å². The Labute approximate surface area is 116 Å². The predicted molar refractivity (Wildman–Crippen MR) is 67.2 cm³/mol. The molecule has 0 saturated carbocycles. The molecule has 2 aliphatic rings. The fraction of sp³-hybridized carbons (Fsp3) is 0.923. The fourth-order valence-electron chi connectivity index (χ4n) is 3.22. The van der Waals surface area contributed by atoms with Gasteiger partial charge in [0.05, 0.1) is 13.0 Å². The minimum Gasteiger partial charge on any atom is -0.469 e. The van der Waals surface area contributed by atoms with Crippen LogP contribution >= 0.6 is 0 Å². The third-order valence-electron chi connectivity index (χ3n) is 4.23. The summed E-state index contributed by atoms with van der Waals surface area (Å²) in [6, 6.07) is -1.40. The molecule has 3 atom stereocenters. The molecule has 2 heterocycles. The summed E-state index contributed by atoms with van der Waals surface area (Å²) in [5.74, 6) is -0.455. The number of carbonyl (C=O) groups is 1. The molecule has 4 nitrogen and oxygen atoms in total. The van der Waals surface area contributed by atoms with Gasteiger partial charge in [-0.25, -0.2) is 0 Å². The summed E-state index contributed by atoms with van der Waals surface area (Å²) in [6.45, 7) is 1.47. The first-order chi connectivity index (χ1) is 9.41. The number of hydrogen-bond donors (Lipinski definition) is 1. The van der Waals surface area contributed by atoms with Gasteiger partial charge in [0, 0.05) is 12.6 Å². The van der Waals surface area contributed by atoms with E-state index in [1.54, 1.807) is 0 Å². The van der Waals surface area contributed by atoms with E-state index < -0.39 is 12.2 Å². The van der Waals surface area contributed by atoms with Crippen LogP contribution in [0, 0.1) is 5.92 Å². The number of alkyl halides is 3. The van der Waals surface area contributed by atoms with E-state index in [2.05, 4.69) is 5.32 Å². The minimum absolute atomic E-state index is 0.0733. The molecule has 2 saturated heterocycles. The van der Waals surface area contributed by atoms with Crippen molar-refractivity contribution in [1.29, 1.82) is 0 Å². The second-order valence-electron chi connectivity index (χ2n) is 5.59. The lowest BCUT2D eigenvalue weighted by Gasteiger charge is -2.34. The van der Waals surface area contributed by atoms with E-state index in [4.69, 9.17) is 4.74 Å². The lowest BCUT2D eigenvalue weighted by Crippen LogP contribution is -2.51. The maximum absolute atomic E-state index is 12.9. The molecular weight excluding hydrogens is 273 g/mol. The number of carbonyl (C=O) groups excluding carboxylic acids is 1. The maximum Gasteiger partial charge on any atom is 0.404 e. The highest BCUT2D eigenvalue weighted by molar-refractivity contribution is 5.72. The van der Waals surface area contributed by atoms with Crippen LogP contribution in [0.25, 0.3) is 0 Å². The number of methoxy groups -OCH3 is 1. The van der Waals surface area contributed by atoms with Crippen LogP contribution in [0.5, 0.6) is 0 Å². The lowest BCUT2D eigenvalue weighted by atomic mass is 9.92. The van der Waals surface area contributed by atoms with E-state index in [9.17, 15) is 18.0 Å². The SMILES string of the molecule is COC(=O)[C@H]1CCN[C@H](CN2CCC[C@@H]2C(F)(F)F)C1. The Bertz CT molecular complexity index is 349. The molecular formula is C13H21F3N2O2. The van der Waals surface area contributed by atoms with Gasteiger partial charge in [-0.3, -0.25) is 9.69 Å². The topological polar surface area (TPSA) is 41.6 Å². The van der Waals surface area contributed by atoms with E-state index in [1.165, 1.54) is 12.0 Å². The number of nitrogens with one attached hydrogen (secondary N) is 1. The van der Waals surface area contributed by atoms with Crippen molar-refractivity contribution in [3.8, 4) is 0 Å². The van der Waals surface area contributed by atoms with Crippen molar-refractivity contribution in [2.24, 2.45) is 5.92 Å². The molecule has 0 aliphatic carbocycles. The summed E-state index contributed by atoms with van der Waals surface area (Å²) < 4.78 is 43.4. The Hall–Kier alpha value is -0.820. The van der Waals surface area contributed by atoms with E-state index >= 15 is 0 Å². The van der Waals surface area contributed by atoms with Crippen LogP contribution in [0.3, 0.4) is 0 Å². The van der Waals surface area contributed by atoms with E-state index in [0.29, 0.717) is 38.9 Å². The second-order valence-corrected chi connectivity index (χ2v) is 5.59. The van der Waals surface area contributed by atoms with Gasteiger partial charge in [-0.1, -0.05) is 0 Å². The monoisotopic (exact) mass is 294 g/mol. The van der Waals surface area contributed by atoms with Crippen LogP contribution in [0.2, 0.25) is 0 Å². The Balaban J connectivity index is 1.91. The zero-order valence-electron chi connectivity index (χ0n) is 11.6. The number of nitrogens with zero attached hydrogens (tertiary/aromatic N) is 1. The maximum atomic E-state index is 12.9. The highest BCUT2D eigenvalue weighted by Gasteiger charge is 2.46. The van der Waals surface area contributed by atoms with Crippen LogP contribution < -0.4 is 5.32 Å².